The van der Waals surface area contributed by atoms with Gasteiger partial charge in [0.1, 0.15) is 11.0 Å². The molecule has 1 saturated carbocycles. The number of terminal acetylenes is 1. The first-order valence-electron chi connectivity index (χ1n) is 10.9. The van der Waals surface area contributed by atoms with Crippen LogP contribution in [0.15, 0.2) is 41.2 Å². The Morgan fingerprint density at radius 1 is 1.35 bits per heavy atom. The van der Waals surface area contributed by atoms with Gasteiger partial charge in [-0.3, -0.25) is 0 Å². The molecule has 164 valence electrons. The molecule has 0 aliphatic heterocycles. The molecule has 1 fully saturated rings. The molecule has 3 atom stereocenters. The van der Waals surface area contributed by atoms with Crippen molar-refractivity contribution in [2.45, 2.75) is 65.0 Å². The fourth-order valence-corrected chi connectivity index (χ4v) is 4.67. The summed E-state index contributed by atoms with van der Waals surface area (Å²) in [6.07, 6.45) is 16.7. The van der Waals surface area contributed by atoms with Crippen molar-refractivity contribution in [3.63, 3.8) is 0 Å². The lowest BCUT2D eigenvalue weighted by Gasteiger charge is -2.19. The summed E-state index contributed by atoms with van der Waals surface area (Å²) in [6, 6.07) is 6.53. The van der Waals surface area contributed by atoms with E-state index in [0.29, 0.717) is 18.3 Å². The molecule has 1 unspecified atom stereocenters. The zero-order valence-electron chi connectivity index (χ0n) is 19.3. The number of hydrogen-bond acceptors (Lipinski definition) is 2. The van der Waals surface area contributed by atoms with E-state index in [1.165, 1.54) is 11.1 Å². The third-order valence-electron chi connectivity index (χ3n) is 5.81. The van der Waals surface area contributed by atoms with Gasteiger partial charge in [-0.05, 0) is 70.1 Å². The van der Waals surface area contributed by atoms with Crippen LogP contribution in [-0.2, 0) is 17.4 Å². The van der Waals surface area contributed by atoms with Crippen LogP contribution in [-0.4, -0.2) is 24.2 Å². The number of allylic oxidation sites excluding steroid dienone is 1. The number of aromatic nitrogens is 2. The van der Waals surface area contributed by atoms with Gasteiger partial charge in [0.15, 0.2) is 0 Å². The summed E-state index contributed by atoms with van der Waals surface area (Å²) in [5, 5.41) is 0. The van der Waals surface area contributed by atoms with E-state index < -0.39 is 11.0 Å². The molecule has 1 aromatic heterocycles. The van der Waals surface area contributed by atoms with Gasteiger partial charge in [-0.2, -0.15) is 4.40 Å². The number of nitrogens with zero attached hydrogens (tertiary/aromatic N) is 3. The van der Waals surface area contributed by atoms with Gasteiger partial charge >= 0.3 is 0 Å². The number of hydrogen-bond donors (Lipinski definition) is 0. The highest BCUT2D eigenvalue weighted by Crippen LogP contribution is 2.33. The molecule has 0 N–H and O–H groups in total. The van der Waals surface area contributed by atoms with Crippen molar-refractivity contribution in [2.24, 2.45) is 16.2 Å². The SMILES string of the molecule is C#CC/C=C/n1cnc(-c2ccc(C)c(C[C@H]3CC[C@@H](C)/C3=N/S(=O)C(C)(C)C)c2)c1. The molecular weight excluding hydrogens is 402 g/mol. The van der Waals surface area contributed by atoms with Crippen molar-refractivity contribution in [1.82, 2.24) is 9.55 Å². The van der Waals surface area contributed by atoms with Gasteiger partial charge in [0.05, 0.1) is 16.8 Å². The van der Waals surface area contributed by atoms with Crippen molar-refractivity contribution in [3.05, 3.63) is 47.9 Å². The highest BCUT2D eigenvalue weighted by Gasteiger charge is 2.31. The molecule has 1 heterocycles. The van der Waals surface area contributed by atoms with Crippen LogP contribution in [0.1, 0.15) is 58.1 Å². The van der Waals surface area contributed by atoms with Crippen molar-refractivity contribution < 1.29 is 4.21 Å². The maximum Gasteiger partial charge on any atom is 0.144 e. The average Bonchev–Trinajstić information content (AvgIpc) is 3.31. The Kier molecular flexibility index (Phi) is 7.33. The number of benzene rings is 1. The van der Waals surface area contributed by atoms with Gasteiger partial charge in [-0.15, -0.1) is 12.3 Å². The van der Waals surface area contributed by atoms with E-state index in [1.807, 2.05) is 43.8 Å². The van der Waals surface area contributed by atoms with Crippen molar-refractivity contribution in [3.8, 4) is 23.6 Å². The third-order valence-corrected chi connectivity index (χ3v) is 7.23. The predicted molar refractivity (Wildman–Crippen MR) is 132 cm³/mol. The molecule has 1 aromatic carbocycles. The summed E-state index contributed by atoms with van der Waals surface area (Å²) in [6.45, 7) is 10.3. The quantitative estimate of drug-likeness (QED) is 0.535. The molecule has 31 heavy (non-hydrogen) atoms. The molecule has 2 aromatic rings. The summed E-state index contributed by atoms with van der Waals surface area (Å²) in [5.74, 6) is 3.34. The minimum Gasteiger partial charge on any atom is -0.313 e. The standard InChI is InChI=1S/C26H33N3OS/c1-7-8-9-14-29-17-24(27-18-29)21-12-10-19(2)23(15-21)16-22-13-11-20(3)25(22)28-31(30)26(4,5)6/h1,9-10,12,14-15,17-18,20,22H,8,11,13,16H2,2-6H3/b14-9+,28-25-/t20-,22-,31?/m1/s1. The van der Waals surface area contributed by atoms with Crippen LogP contribution in [0.2, 0.25) is 0 Å². The topological polar surface area (TPSA) is 47.2 Å². The Bertz CT molecular complexity index is 1050. The molecule has 3 rings (SSSR count). The van der Waals surface area contributed by atoms with E-state index in [0.717, 1.165) is 36.2 Å². The molecule has 0 amide bonds. The normalized spacial score (nSPS) is 21.6. The molecule has 1 aliphatic rings. The molecule has 0 saturated heterocycles. The van der Waals surface area contributed by atoms with E-state index in [9.17, 15) is 4.21 Å². The summed E-state index contributed by atoms with van der Waals surface area (Å²) in [7, 11) is -1.21. The lowest BCUT2D eigenvalue weighted by Crippen LogP contribution is -2.24. The first-order chi connectivity index (χ1) is 14.7. The summed E-state index contributed by atoms with van der Waals surface area (Å²) < 4.78 is 19.0. The van der Waals surface area contributed by atoms with E-state index in [-0.39, 0.29) is 4.75 Å². The Hall–Kier alpha value is -2.45. The number of rotatable bonds is 6. The Morgan fingerprint density at radius 3 is 2.84 bits per heavy atom. The van der Waals surface area contributed by atoms with Crippen molar-refractivity contribution >= 4 is 22.9 Å². The second kappa shape index (κ2) is 9.78. The fraction of sp³-hybridized carbons (Fsp3) is 0.462. The zero-order chi connectivity index (χ0) is 22.6. The molecule has 0 radical (unpaired) electrons. The highest BCUT2D eigenvalue weighted by molar-refractivity contribution is 7.85. The largest absolute Gasteiger partial charge is 0.313 e. The van der Waals surface area contributed by atoms with E-state index in [2.05, 4.69) is 43.0 Å². The maximum atomic E-state index is 12.7. The third kappa shape index (κ3) is 5.83. The van der Waals surface area contributed by atoms with Crippen molar-refractivity contribution in [1.29, 1.82) is 0 Å². The highest BCUT2D eigenvalue weighted by atomic mass is 32.2. The molecule has 5 heteroatoms. The lowest BCUT2D eigenvalue weighted by atomic mass is 9.91. The Labute approximate surface area is 189 Å². The predicted octanol–water partition coefficient (Wildman–Crippen LogP) is 5.84. The zero-order valence-corrected chi connectivity index (χ0v) is 20.1. The van der Waals surface area contributed by atoms with Gasteiger partial charge in [-0.1, -0.05) is 25.1 Å². The maximum absolute atomic E-state index is 12.7. The van der Waals surface area contributed by atoms with Crippen LogP contribution in [0.3, 0.4) is 0 Å². The molecular formula is C26H33N3OS. The number of imidazole rings is 1. The minimum atomic E-state index is -1.21. The summed E-state index contributed by atoms with van der Waals surface area (Å²) in [5.41, 5.74) is 5.75. The van der Waals surface area contributed by atoms with Crippen LogP contribution in [0.25, 0.3) is 17.5 Å². The smallest absolute Gasteiger partial charge is 0.144 e. The van der Waals surface area contributed by atoms with Crippen LogP contribution < -0.4 is 0 Å². The molecule has 0 spiro atoms. The van der Waals surface area contributed by atoms with Crippen molar-refractivity contribution in [2.75, 3.05) is 0 Å². The first kappa shape index (κ1) is 23.2. The molecule has 4 nitrogen and oxygen atoms in total. The average molecular weight is 436 g/mol. The van der Waals surface area contributed by atoms with Crippen LogP contribution in [0, 0.1) is 31.1 Å². The van der Waals surface area contributed by atoms with Crippen LogP contribution in [0.4, 0.5) is 0 Å². The van der Waals surface area contributed by atoms with Gasteiger partial charge in [0.2, 0.25) is 0 Å². The first-order valence-corrected chi connectivity index (χ1v) is 12.0. The second-order valence-corrected chi connectivity index (χ2v) is 11.3. The monoisotopic (exact) mass is 435 g/mol. The fourth-order valence-electron chi connectivity index (χ4n) is 3.88. The summed E-state index contributed by atoms with van der Waals surface area (Å²) >= 11 is 0. The van der Waals surface area contributed by atoms with E-state index >= 15 is 0 Å². The van der Waals surface area contributed by atoms with E-state index in [1.54, 1.807) is 6.33 Å². The summed E-state index contributed by atoms with van der Waals surface area (Å²) in [4.78, 5) is 4.56. The molecule has 1 aliphatic carbocycles. The lowest BCUT2D eigenvalue weighted by molar-refractivity contribution is 0.636. The second-order valence-electron chi connectivity index (χ2n) is 9.40. The van der Waals surface area contributed by atoms with E-state index in [4.69, 9.17) is 10.8 Å². The Morgan fingerprint density at radius 2 is 2.13 bits per heavy atom. The number of aryl methyl sites for hydroxylation is 1. The van der Waals surface area contributed by atoms with Gasteiger partial charge in [0.25, 0.3) is 0 Å². The minimum absolute atomic E-state index is 0.330. The van der Waals surface area contributed by atoms with Gasteiger partial charge < -0.3 is 4.57 Å². The Balaban J connectivity index is 1.83. The van der Waals surface area contributed by atoms with Gasteiger partial charge in [-0.25, -0.2) is 9.19 Å². The van der Waals surface area contributed by atoms with Gasteiger partial charge in [0, 0.05) is 36.0 Å². The van der Waals surface area contributed by atoms with Crippen LogP contribution in [0.5, 0.6) is 0 Å². The molecule has 0 bridgehead atoms. The van der Waals surface area contributed by atoms with Crippen LogP contribution >= 0.6 is 0 Å².